The van der Waals surface area contributed by atoms with Crippen molar-refractivity contribution in [2.75, 3.05) is 7.11 Å². The fraction of sp³-hybridized carbons (Fsp3) is 0.385. The second kappa shape index (κ2) is 5.87. The zero-order valence-corrected chi connectivity index (χ0v) is 12.2. The van der Waals surface area contributed by atoms with E-state index in [1.54, 1.807) is 25.1 Å². The van der Waals surface area contributed by atoms with Crippen LogP contribution in [0.3, 0.4) is 0 Å². The SMILES string of the molecule is CC[C@](C)(C#N)NC(=O)c1cc(OC)ccc1Br. The molecule has 0 radical (unpaired) electrons. The third-order valence-electron chi connectivity index (χ3n) is 2.76. The van der Waals surface area contributed by atoms with E-state index in [2.05, 4.69) is 27.3 Å². The van der Waals surface area contributed by atoms with Crippen LogP contribution < -0.4 is 10.1 Å². The summed E-state index contributed by atoms with van der Waals surface area (Å²) in [5, 5.41) is 11.8. The maximum absolute atomic E-state index is 12.1. The predicted octanol–water partition coefficient (Wildman–Crippen LogP) is 2.88. The van der Waals surface area contributed by atoms with Crippen molar-refractivity contribution in [1.82, 2.24) is 5.32 Å². The Labute approximate surface area is 115 Å². The molecule has 0 aliphatic carbocycles. The molecule has 1 N–H and O–H groups in total. The standard InChI is InChI=1S/C13H15BrN2O2/c1-4-13(2,8-15)16-12(17)10-7-9(18-3)5-6-11(10)14/h5-7H,4H2,1-3H3,(H,16,17)/t13-/m1/s1. The molecule has 0 fully saturated rings. The molecule has 1 amide bonds. The van der Waals surface area contributed by atoms with Crippen molar-refractivity contribution in [3.63, 3.8) is 0 Å². The smallest absolute Gasteiger partial charge is 0.253 e. The van der Waals surface area contributed by atoms with E-state index >= 15 is 0 Å². The minimum absolute atomic E-state index is 0.299. The number of nitrogens with one attached hydrogen (secondary N) is 1. The van der Waals surface area contributed by atoms with Crippen LogP contribution in [0.15, 0.2) is 22.7 Å². The predicted molar refractivity (Wildman–Crippen MR) is 72.5 cm³/mol. The van der Waals surface area contributed by atoms with Crippen molar-refractivity contribution >= 4 is 21.8 Å². The molecule has 0 heterocycles. The molecule has 1 aromatic carbocycles. The van der Waals surface area contributed by atoms with E-state index in [0.717, 1.165) is 0 Å². The first-order chi connectivity index (χ1) is 8.45. The van der Waals surface area contributed by atoms with Gasteiger partial charge in [-0.1, -0.05) is 6.92 Å². The van der Waals surface area contributed by atoms with Gasteiger partial charge in [0.25, 0.3) is 5.91 Å². The summed E-state index contributed by atoms with van der Waals surface area (Å²) in [6.45, 7) is 3.54. The fourth-order valence-corrected chi connectivity index (χ4v) is 1.75. The number of hydrogen-bond acceptors (Lipinski definition) is 3. The van der Waals surface area contributed by atoms with Crippen LogP contribution >= 0.6 is 15.9 Å². The lowest BCUT2D eigenvalue weighted by molar-refractivity contribution is 0.0922. The second-order valence-electron chi connectivity index (χ2n) is 4.10. The highest BCUT2D eigenvalue weighted by Crippen LogP contribution is 2.23. The number of rotatable bonds is 4. The number of amides is 1. The minimum Gasteiger partial charge on any atom is -0.497 e. The Balaban J connectivity index is 3.01. The lowest BCUT2D eigenvalue weighted by Crippen LogP contribution is -2.44. The van der Waals surface area contributed by atoms with Gasteiger partial charge in [-0.3, -0.25) is 4.79 Å². The molecule has 0 aromatic heterocycles. The number of benzene rings is 1. The number of methoxy groups -OCH3 is 1. The summed E-state index contributed by atoms with van der Waals surface area (Å²) >= 11 is 3.31. The quantitative estimate of drug-likeness (QED) is 0.930. The van der Waals surface area contributed by atoms with Crippen LogP contribution in [0.25, 0.3) is 0 Å². The van der Waals surface area contributed by atoms with Gasteiger partial charge in [-0.25, -0.2) is 0 Å². The van der Waals surface area contributed by atoms with Crippen molar-refractivity contribution in [2.24, 2.45) is 0 Å². The molecule has 1 atom stereocenters. The first-order valence-electron chi connectivity index (χ1n) is 5.53. The van der Waals surface area contributed by atoms with Crippen molar-refractivity contribution in [2.45, 2.75) is 25.8 Å². The molecule has 0 aliphatic heterocycles. The van der Waals surface area contributed by atoms with E-state index in [1.165, 1.54) is 7.11 Å². The molecule has 0 saturated carbocycles. The van der Waals surface area contributed by atoms with Gasteiger partial charge in [0.1, 0.15) is 11.3 Å². The zero-order valence-electron chi connectivity index (χ0n) is 10.6. The topological polar surface area (TPSA) is 62.1 Å². The van der Waals surface area contributed by atoms with Gasteiger partial charge < -0.3 is 10.1 Å². The van der Waals surface area contributed by atoms with Crippen molar-refractivity contribution < 1.29 is 9.53 Å². The van der Waals surface area contributed by atoms with Gasteiger partial charge in [0, 0.05) is 4.47 Å². The Morgan fingerprint density at radius 2 is 2.28 bits per heavy atom. The monoisotopic (exact) mass is 310 g/mol. The lowest BCUT2D eigenvalue weighted by Gasteiger charge is -2.21. The van der Waals surface area contributed by atoms with Crippen molar-refractivity contribution in [3.05, 3.63) is 28.2 Å². The highest BCUT2D eigenvalue weighted by molar-refractivity contribution is 9.10. The molecule has 4 nitrogen and oxygen atoms in total. The maximum atomic E-state index is 12.1. The minimum atomic E-state index is -0.862. The van der Waals surface area contributed by atoms with Crippen molar-refractivity contribution in [3.8, 4) is 11.8 Å². The number of carbonyl (C=O) groups is 1. The summed E-state index contributed by atoms with van der Waals surface area (Å²) in [7, 11) is 1.54. The molecule has 1 aromatic rings. The van der Waals surface area contributed by atoms with Gasteiger partial charge >= 0.3 is 0 Å². The van der Waals surface area contributed by atoms with Crippen LogP contribution in [0.4, 0.5) is 0 Å². The molecule has 0 unspecified atom stereocenters. The number of carbonyl (C=O) groups excluding carboxylic acids is 1. The van der Waals surface area contributed by atoms with Gasteiger partial charge in [-0.2, -0.15) is 5.26 Å². The van der Waals surface area contributed by atoms with Crippen LogP contribution in [0.2, 0.25) is 0 Å². The molecular formula is C13H15BrN2O2. The van der Waals surface area contributed by atoms with Gasteiger partial charge in [-0.15, -0.1) is 0 Å². The van der Waals surface area contributed by atoms with Crippen LogP contribution in [0.5, 0.6) is 5.75 Å². The van der Waals surface area contributed by atoms with Crippen molar-refractivity contribution in [1.29, 1.82) is 5.26 Å². The van der Waals surface area contributed by atoms with Crippen LogP contribution in [0.1, 0.15) is 30.6 Å². The summed E-state index contributed by atoms with van der Waals surface area (Å²) in [5.41, 5.74) is -0.413. The van der Waals surface area contributed by atoms with E-state index in [4.69, 9.17) is 10.00 Å². The third kappa shape index (κ3) is 3.23. The van der Waals surface area contributed by atoms with E-state index < -0.39 is 5.54 Å². The molecule has 0 bridgehead atoms. The molecule has 1 rings (SSSR count). The maximum Gasteiger partial charge on any atom is 0.253 e. The highest BCUT2D eigenvalue weighted by atomic mass is 79.9. The number of nitrogens with zero attached hydrogens (tertiary/aromatic N) is 1. The molecule has 96 valence electrons. The highest BCUT2D eigenvalue weighted by Gasteiger charge is 2.25. The van der Waals surface area contributed by atoms with E-state index in [-0.39, 0.29) is 5.91 Å². The lowest BCUT2D eigenvalue weighted by atomic mass is 10.0. The summed E-state index contributed by atoms with van der Waals surface area (Å²) in [6, 6.07) is 7.22. The Bertz CT molecular complexity index is 496. The Kier molecular flexibility index (Phi) is 4.74. The molecule has 18 heavy (non-hydrogen) atoms. The Morgan fingerprint density at radius 3 is 2.78 bits per heavy atom. The van der Waals surface area contributed by atoms with E-state index in [1.807, 2.05) is 6.92 Å². The van der Waals surface area contributed by atoms with Gasteiger partial charge in [-0.05, 0) is 47.5 Å². The van der Waals surface area contributed by atoms with Crippen LogP contribution in [-0.2, 0) is 0 Å². The average molecular weight is 311 g/mol. The number of ether oxygens (including phenoxy) is 1. The Morgan fingerprint density at radius 1 is 1.61 bits per heavy atom. The summed E-state index contributed by atoms with van der Waals surface area (Å²) in [6.07, 6.45) is 0.539. The first kappa shape index (κ1) is 14.5. The molecule has 0 saturated heterocycles. The normalized spacial score (nSPS) is 13.3. The Hall–Kier alpha value is -1.54. The summed E-state index contributed by atoms with van der Waals surface area (Å²) in [4.78, 5) is 12.1. The van der Waals surface area contributed by atoms with Crippen LogP contribution in [-0.4, -0.2) is 18.6 Å². The molecular weight excluding hydrogens is 296 g/mol. The third-order valence-corrected chi connectivity index (χ3v) is 3.45. The van der Waals surface area contributed by atoms with Gasteiger partial charge in [0.05, 0.1) is 18.7 Å². The van der Waals surface area contributed by atoms with E-state index in [0.29, 0.717) is 22.2 Å². The number of halogens is 1. The first-order valence-corrected chi connectivity index (χ1v) is 6.32. The average Bonchev–Trinajstić information content (AvgIpc) is 2.39. The van der Waals surface area contributed by atoms with Gasteiger partial charge in [0.15, 0.2) is 0 Å². The molecule has 0 spiro atoms. The molecule has 0 aliphatic rings. The van der Waals surface area contributed by atoms with E-state index in [9.17, 15) is 4.79 Å². The largest absolute Gasteiger partial charge is 0.497 e. The van der Waals surface area contributed by atoms with Gasteiger partial charge in [0.2, 0.25) is 0 Å². The van der Waals surface area contributed by atoms with Crippen LogP contribution in [0, 0.1) is 11.3 Å². The molecule has 5 heteroatoms. The number of hydrogen-bond donors (Lipinski definition) is 1. The zero-order chi connectivity index (χ0) is 13.8. The summed E-state index contributed by atoms with van der Waals surface area (Å²) in [5.74, 6) is 0.296. The fourth-order valence-electron chi connectivity index (χ4n) is 1.32. The second-order valence-corrected chi connectivity index (χ2v) is 4.95. The number of nitriles is 1. The summed E-state index contributed by atoms with van der Waals surface area (Å²) < 4.78 is 5.74.